The molecular formula is C22H45NaO4S. The summed E-state index contributed by atoms with van der Waals surface area (Å²) in [5.41, 5.74) is 0. The van der Waals surface area contributed by atoms with Crippen molar-refractivity contribution in [1.29, 1.82) is 0 Å². The number of hydrogen-bond acceptors (Lipinski definition) is 4. The summed E-state index contributed by atoms with van der Waals surface area (Å²) < 4.78 is 34.0. The van der Waals surface area contributed by atoms with Crippen LogP contribution in [0.5, 0.6) is 0 Å². The molecule has 1 atom stereocenters. The molecular weight excluding hydrogens is 383 g/mol. The van der Waals surface area contributed by atoms with Gasteiger partial charge in [0.1, 0.15) is 0 Å². The molecule has 0 spiro atoms. The van der Waals surface area contributed by atoms with Crippen LogP contribution in [0.25, 0.3) is 0 Å². The van der Waals surface area contributed by atoms with Crippen LogP contribution in [-0.4, -0.2) is 29.9 Å². The van der Waals surface area contributed by atoms with Gasteiger partial charge in [0.15, 0.2) is 0 Å². The van der Waals surface area contributed by atoms with Gasteiger partial charge in [-0.25, -0.2) is 8.42 Å². The van der Waals surface area contributed by atoms with Gasteiger partial charge in [0.25, 0.3) is 0 Å². The van der Waals surface area contributed by atoms with E-state index in [0.29, 0.717) is 19.4 Å². The number of rotatable bonds is 21. The molecule has 0 aromatic heterocycles. The second kappa shape index (κ2) is 22.6. The fraction of sp³-hybridized carbons (Fsp3) is 1.00. The SMILES string of the molecule is CCCCCC(CCCCCCCCCCCCCCCCO)S(=O)(=O)[O-].[Na+]. The summed E-state index contributed by atoms with van der Waals surface area (Å²) >= 11 is 0. The third kappa shape index (κ3) is 21.6. The molecule has 0 saturated carbocycles. The van der Waals surface area contributed by atoms with Crippen LogP contribution in [0.2, 0.25) is 0 Å². The van der Waals surface area contributed by atoms with Gasteiger partial charge in [-0.3, -0.25) is 0 Å². The second-order valence-corrected chi connectivity index (χ2v) is 9.72. The molecule has 1 unspecified atom stereocenters. The van der Waals surface area contributed by atoms with E-state index in [9.17, 15) is 13.0 Å². The number of hydrogen-bond donors (Lipinski definition) is 1. The van der Waals surface area contributed by atoms with E-state index in [1.165, 1.54) is 57.8 Å². The first-order valence-corrected chi connectivity index (χ1v) is 13.0. The average molecular weight is 429 g/mol. The Labute approximate surface area is 197 Å². The van der Waals surface area contributed by atoms with Crippen LogP contribution in [0.4, 0.5) is 0 Å². The topological polar surface area (TPSA) is 77.4 Å². The molecule has 0 saturated heterocycles. The Morgan fingerprint density at radius 1 is 0.643 bits per heavy atom. The largest absolute Gasteiger partial charge is 1.00 e. The van der Waals surface area contributed by atoms with Crippen molar-refractivity contribution >= 4 is 10.1 Å². The quantitative estimate of drug-likeness (QED) is 0.173. The molecule has 0 aliphatic carbocycles. The normalized spacial score (nSPS) is 12.7. The number of unbranched alkanes of at least 4 members (excludes halogenated alkanes) is 15. The van der Waals surface area contributed by atoms with Crippen molar-refractivity contribution in [2.75, 3.05) is 6.61 Å². The van der Waals surface area contributed by atoms with Gasteiger partial charge in [-0.05, 0) is 19.3 Å². The van der Waals surface area contributed by atoms with E-state index >= 15 is 0 Å². The van der Waals surface area contributed by atoms with Crippen LogP contribution in [0.15, 0.2) is 0 Å². The molecule has 0 aromatic rings. The summed E-state index contributed by atoms with van der Waals surface area (Å²) in [6, 6.07) is 0. The zero-order valence-electron chi connectivity index (χ0n) is 18.8. The Hall–Kier alpha value is 0.870. The molecule has 0 aromatic carbocycles. The van der Waals surface area contributed by atoms with Crippen LogP contribution >= 0.6 is 0 Å². The summed E-state index contributed by atoms with van der Waals surface area (Å²) in [7, 11) is -4.13. The van der Waals surface area contributed by atoms with Crippen molar-refractivity contribution in [2.24, 2.45) is 0 Å². The Bertz CT molecular complexity index is 401. The summed E-state index contributed by atoms with van der Waals surface area (Å²) in [4.78, 5) is 0. The molecule has 0 aliphatic rings. The Kier molecular flexibility index (Phi) is 25.0. The minimum absolute atomic E-state index is 0. The van der Waals surface area contributed by atoms with Crippen molar-refractivity contribution in [3.05, 3.63) is 0 Å². The fourth-order valence-electron chi connectivity index (χ4n) is 3.66. The maximum absolute atomic E-state index is 11.3. The number of aliphatic hydroxyl groups is 1. The standard InChI is InChI=1S/C22H46O4S.Na/c1-2-3-16-19-22(27(24,25)26)20-17-14-12-10-8-6-4-5-7-9-11-13-15-18-21-23;/h22-23H,2-21H2,1H3,(H,24,25,26);/q;+1/p-1. The fourth-order valence-corrected chi connectivity index (χ4v) is 4.57. The smallest absolute Gasteiger partial charge is 0.748 e. The Balaban J connectivity index is 0. The first-order valence-electron chi connectivity index (χ1n) is 11.6. The Morgan fingerprint density at radius 3 is 1.29 bits per heavy atom. The van der Waals surface area contributed by atoms with Gasteiger partial charge in [-0.1, -0.05) is 110 Å². The second-order valence-electron chi connectivity index (χ2n) is 8.07. The van der Waals surface area contributed by atoms with E-state index in [1.807, 2.05) is 0 Å². The van der Waals surface area contributed by atoms with Gasteiger partial charge in [0.2, 0.25) is 0 Å². The third-order valence-corrected chi connectivity index (χ3v) is 6.76. The van der Waals surface area contributed by atoms with Gasteiger partial charge < -0.3 is 9.66 Å². The zero-order valence-corrected chi connectivity index (χ0v) is 21.6. The minimum atomic E-state index is -4.13. The first kappa shape index (κ1) is 31.1. The molecule has 4 nitrogen and oxygen atoms in total. The summed E-state index contributed by atoms with van der Waals surface area (Å²) in [5, 5.41) is 8.06. The zero-order chi connectivity index (χ0) is 20.2. The van der Waals surface area contributed by atoms with E-state index in [2.05, 4.69) is 6.92 Å². The van der Waals surface area contributed by atoms with E-state index in [-0.39, 0.29) is 29.6 Å². The predicted octanol–water partition coefficient (Wildman–Crippen LogP) is 3.33. The molecule has 0 radical (unpaired) electrons. The van der Waals surface area contributed by atoms with Gasteiger partial charge in [0.05, 0.1) is 10.1 Å². The van der Waals surface area contributed by atoms with Crippen molar-refractivity contribution in [2.45, 2.75) is 134 Å². The molecule has 0 heterocycles. The molecule has 28 heavy (non-hydrogen) atoms. The molecule has 0 amide bonds. The van der Waals surface area contributed by atoms with Crippen molar-refractivity contribution in [1.82, 2.24) is 0 Å². The van der Waals surface area contributed by atoms with Crippen LogP contribution in [0.3, 0.4) is 0 Å². The van der Waals surface area contributed by atoms with Crippen molar-refractivity contribution in [3.63, 3.8) is 0 Å². The Morgan fingerprint density at radius 2 is 0.964 bits per heavy atom. The summed E-state index contributed by atoms with van der Waals surface area (Å²) in [5.74, 6) is 0. The van der Waals surface area contributed by atoms with E-state index in [4.69, 9.17) is 5.11 Å². The molecule has 6 heteroatoms. The maximum Gasteiger partial charge on any atom is 1.00 e. The monoisotopic (exact) mass is 428 g/mol. The molecule has 0 rings (SSSR count). The van der Waals surface area contributed by atoms with Gasteiger partial charge in [-0.2, -0.15) is 0 Å². The third-order valence-electron chi connectivity index (χ3n) is 5.47. The van der Waals surface area contributed by atoms with E-state index < -0.39 is 15.4 Å². The summed E-state index contributed by atoms with van der Waals surface area (Å²) in [6.45, 7) is 2.42. The van der Waals surface area contributed by atoms with Gasteiger partial charge >= 0.3 is 29.6 Å². The van der Waals surface area contributed by atoms with Crippen molar-refractivity contribution in [3.8, 4) is 0 Å². The van der Waals surface area contributed by atoms with Crippen LogP contribution in [0.1, 0.15) is 129 Å². The molecule has 0 aliphatic heterocycles. The molecule has 1 N–H and O–H groups in total. The minimum Gasteiger partial charge on any atom is -0.748 e. The van der Waals surface area contributed by atoms with E-state index in [0.717, 1.165) is 51.4 Å². The maximum atomic E-state index is 11.3. The van der Waals surface area contributed by atoms with Gasteiger partial charge in [-0.15, -0.1) is 0 Å². The van der Waals surface area contributed by atoms with E-state index in [1.54, 1.807) is 0 Å². The number of aliphatic hydroxyl groups excluding tert-OH is 1. The summed E-state index contributed by atoms with van der Waals surface area (Å²) in [6.07, 6.45) is 20.9. The predicted molar refractivity (Wildman–Crippen MR) is 114 cm³/mol. The molecule has 0 fully saturated rings. The van der Waals surface area contributed by atoms with Gasteiger partial charge in [0, 0.05) is 11.9 Å². The van der Waals surface area contributed by atoms with Crippen LogP contribution in [-0.2, 0) is 10.1 Å². The van der Waals surface area contributed by atoms with Crippen LogP contribution in [0, 0.1) is 0 Å². The first-order chi connectivity index (χ1) is 13.0. The molecule has 0 bridgehead atoms. The van der Waals surface area contributed by atoms with Crippen molar-refractivity contribution < 1.29 is 47.6 Å². The van der Waals surface area contributed by atoms with Crippen LogP contribution < -0.4 is 29.6 Å². The molecule has 164 valence electrons. The average Bonchev–Trinajstić information content (AvgIpc) is 2.62.